The molecule has 0 radical (unpaired) electrons. The van der Waals surface area contributed by atoms with Gasteiger partial charge in [-0.2, -0.15) is 0 Å². The minimum atomic E-state index is -0.193. The molecule has 1 fully saturated rings. The molecule has 6 heteroatoms. The van der Waals surface area contributed by atoms with E-state index in [9.17, 15) is 4.79 Å². The van der Waals surface area contributed by atoms with E-state index in [1.54, 1.807) is 0 Å². The van der Waals surface area contributed by atoms with Crippen LogP contribution in [-0.2, 0) is 4.79 Å². The van der Waals surface area contributed by atoms with Crippen molar-refractivity contribution >= 4 is 17.5 Å². The first kappa shape index (κ1) is 13.6. The van der Waals surface area contributed by atoms with E-state index in [-0.39, 0.29) is 11.9 Å². The van der Waals surface area contributed by atoms with Crippen LogP contribution in [0, 0.1) is 6.92 Å². The van der Waals surface area contributed by atoms with Crippen LogP contribution in [0.25, 0.3) is 0 Å². The lowest BCUT2D eigenvalue weighted by molar-refractivity contribution is -0.122. The molecule has 1 aliphatic heterocycles. The van der Waals surface area contributed by atoms with Gasteiger partial charge >= 0.3 is 0 Å². The van der Waals surface area contributed by atoms with Gasteiger partial charge < -0.3 is 15.5 Å². The first-order chi connectivity index (χ1) is 9.11. The average molecular weight is 263 g/mol. The molecule has 1 saturated heterocycles. The third kappa shape index (κ3) is 3.13. The first-order valence-corrected chi connectivity index (χ1v) is 6.75. The third-order valence-electron chi connectivity index (χ3n) is 3.17. The molecule has 0 saturated carbocycles. The summed E-state index contributed by atoms with van der Waals surface area (Å²) >= 11 is 0. The number of hydrogen-bond acceptors (Lipinski definition) is 5. The number of nitrogens with zero attached hydrogens (tertiary/aromatic N) is 3. The van der Waals surface area contributed by atoms with E-state index in [0.29, 0.717) is 12.4 Å². The summed E-state index contributed by atoms with van der Waals surface area (Å²) in [5.41, 5.74) is 0. The number of aryl methyl sites for hydroxylation is 1. The maximum Gasteiger partial charge on any atom is 0.242 e. The number of carbonyl (C=O) groups excluding carboxylic acids is 1. The molecule has 104 valence electrons. The Labute approximate surface area is 113 Å². The summed E-state index contributed by atoms with van der Waals surface area (Å²) in [6, 6.07) is 1.72. The van der Waals surface area contributed by atoms with E-state index in [4.69, 9.17) is 0 Å². The summed E-state index contributed by atoms with van der Waals surface area (Å²) in [7, 11) is 0. The van der Waals surface area contributed by atoms with Crippen molar-refractivity contribution in [2.45, 2.75) is 33.2 Å². The number of carbonyl (C=O) groups is 1. The molecule has 1 aliphatic rings. The monoisotopic (exact) mass is 263 g/mol. The highest BCUT2D eigenvalue weighted by Gasteiger charge is 2.26. The number of nitrogens with one attached hydrogen (secondary N) is 2. The van der Waals surface area contributed by atoms with Crippen LogP contribution in [-0.4, -0.2) is 41.6 Å². The van der Waals surface area contributed by atoms with Crippen molar-refractivity contribution in [3.63, 3.8) is 0 Å². The van der Waals surface area contributed by atoms with Crippen LogP contribution in [0.4, 0.5) is 11.6 Å². The van der Waals surface area contributed by atoms with Crippen molar-refractivity contribution in [1.29, 1.82) is 0 Å². The van der Waals surface area contributed by atoms with Gasteiger partial charge in [0.25, 0.3) is 0 Å². The molecule has 0 aliphatic carbocycles. The molecule has 19 heavy (non-hydrogen) atoms. The molecule has 2 rings (SSSR count). The summed E-state index contributed by atoms with van der Waals surface area (Å²) in [6.07, 6.45) is 1.04. The van der Waals surface area contributed by atoms with E-state index in [2.05, 4.69) is 27.5 Å². The Morgan fingerprint density at radius 2 is 2.32 bits per heavy atom. The molecule has 1 aromatic heterocycles. The fourth-order valence-electron chi connectivity index (χ4n) is 2.14. The molecule has 1 unspecified atom stereocenters. The minimum Gasteiger partial charge on any atom is -0.370 e. The average Bonchev–Trinajstić information content (AvgIpc) is 2.39. The molecule has 0 bridgehead atoms. The number of piperazine rings is 1. The number of aromatic nitrogens is 2. The zero-order valence-corrected chi connectivity index (χ0v) is 11.7. The summed E-state index contributed by atoms with van der Waals surface area (Å²) in [4.78, 5) is 22.5. The second-order valence-corrected chi connectivity index (χ2v) is 4.75. The third-order valence-corrected chi connectivity index (χ3v) is 3.17. The number of anilines is 2. The van der Waals surface area contributed by atoms with Gasteiger partial charge in [0, 0.05) is 25.7 Å². The Kier molecular flexibility index (Phi) is 4.19. The predicted octanol–water partition coefficient (Wildman–Crippen LogP) is 0.932. The van der Waals surface area contributed by atoms with Gasteiger partial charge in [-0.1, -0.05) is 6.92 Å². The summed E-state index contributed by atoms with van der Waals surface area (Å²) in [5.74, 6) is 2.40. The molecule has 6 nitrogen and oxygen atoms in total. The highest BCUT2D eigenvalue weighted by Crippen LogP contribution is 2.19. The molecule has 2 N–H and O–H groups in total. The smallest absolute Gasteiger partial charge is 0.242 e. The number of hydrogen-bond donors (Lipinski definition) is 2. The fourth-order valence-corrected chi connectivity index (χ4v) is 2.14. The molecular formula is C13H21N5O. The Hall–Kier alpha value is -1.85. The van der Waals surface area contributed by atoms with E-state index >= 15 is 0 Å². The van der Waals surface area contributed by atoms with Gasteiger partial charge in [-0.25, -0.2) is 9.97 Å². The van der Waals surface area contributed by atoms with Gasteiger partial charge in [0.1, 0.15) is 23.5 Å². The lowest BCUT2D eigenvalue weighted by Gasteiger charge is -2.33. The van der Waals surface area contributed by atoms with Crippen molar-refractivity contribution in [3.05, 3.63) is 11.9 Å². The second kappa shape index (κ2) is 5.86. The predicted molar refractivity (Wildman–Crippen MR) is 75.4 cm³/mol. The van der Waals surface area contributed by atoms with Gasteiger partial charge in [-0.3, -0.25) is 4.79 Å². The number of rotatable bonds is 4. The topological polar surface area (TPSA) is 70.2 Å². The van der Waals surface area contributed by atoms with Crippen LogP contribution in [0.1, 0.15) is 26.1 Å². The van der Waals surface area contributed by atoms with Crippen molar-refractivity contribution < 1.29 is 4.79 Å². The largest absolute Gasteiger partial charge is 0.370 e. The molecule has 2 heterocycles. The van der Waals surface area contributed by atoms with E-state index < -0.39 is 0 Å². The Morgan fingerprint density at radius 1 is 1.53 bits per heavy atom. The van der Waals surface area contributed by atoms with Gasteiger partial charge in [0.15, 0.2) is 0 Å². The Morgan fingerprint density at radius 3 is 3.05 bits per heavy atom. The van der Waals surface area contributed by atoms with E-state index in [0.717, 1.165) is 31.1 Å². The fraction of sp³-hybridized carbons (Fsp3) is 0.615. The van der Waals surface area contributed by atoms with Crippen molar-refractivity contribution in [1.82, 2.24) is 15.3 Å². The van der Waals surface area contributed by atoms with Crippen LogP contribution < -0.4 is 15.5 Å². The summed E-state index contributed by atoms with van der Waals surface area (Å²) in [6.45, 7) is 8.19. The zero-order chi connectivity index (χ0) is 13.8. The molecule has 0 aromatic carbocycles. The lowest BCUT2D eigenvalue weighted by atomic mass is 10.2. The molecule has 1 atom stereocenters. The van der Waals surface area contributed by atoms with Crippen LogP contribution in [0.2, 0.25) is 0 Å². The quantitative estimate of drug-likeness (QED) is 0.845. The van der Waals surface area contributed by atoms with E-state index in [1.807, 2.05) is 24.8 Å². The van der Waals surface area contributed by atoms with Gasteiger partial charge in [-0.05, 0) is 20.3 Å². The molecule has 1 aromatic rings. The normalized spacial score (nSPS) is 19.2. The maximum absolute atomic E-state index is 11.7. The van der Waals surface area contributed by atoms with Crippen molar-refractivity contribution in [2.24, 2.45) is 0 Å². The standard InChI is InChI=1S/C13H21N5O/c1-4-5-14-11-8-12(17-10(3)16-11)18-7-6-15-13(19)9(18)2/h8-9H,4-7H2,1-3H3,(H,15,19)(H,14,16,17). The van der Waals surface area contributed by atoms with E-state index in [1.165, 1.54) is 0 Å². The van der Waals surface area contributed by atoms with Crippen LogP contribution in [0.5, 0.6) is 0 Å². The lowest BCUT2D eigenvalue weighted by Crippen LogP contribution is -2.54. The highest BCUT2D eigenvalue weighted by molar-refractivity contribution is 5.85. The molecule has 1 amide bonds. The van der Waals surface area contributed by atoms with Crippen molar-refractivity contribution in [3.8, 4) is 0 Å². The number of amides is 1. The molecular weight excluding hydrogens is 242 g/mol. The Bertz CT molecular complexity index is 462. The zero-order valence-electron chi connectivity index (χ0n) is 11.7. The van der Waals surface area contributed by atoms with Crippen LogP contribution >= 0.6 is 0 Å². The summed E-state index contributed by atoms with van der Waals surface area (Å²) in [5, 5.41) is 6.12. The van der Waals surface area contributed by atoms with Crippen LogP contribution in [0.3, 0.4) is 0 Å². The van der Waals surface area contributed by atoms with Crippen LogP contribution in [0.15, 0.2) is 6.07 Å². The second-order valence-electron chi connectivity index (χ2n) is 4.75. The summed E-state index contributed by atoms with van der Waals surface area (Å²) < 4.78 is 0. The van der Waals surface area contributed by atoms with Gasteiger partial charge in [0.2, 0.25) is 5.91 Å². The maximum atomic E-state index is 11.7. The van der Waals surface area contributed by atoms with Crippen molar-refractivity contribution in [2.75, 3.05) is 29.9 Å². The Balaban J connectivity index is 2.23. The molecule has 0 spiro atoms. The van der Waals surface area contributed by atoms with Gasteiger partial charge in [-0.15, -0.1) is 0 Å². The minimum absolute atomic E-state index is 0.0468. The SMILES string of the molecule is CCCNc1cc(N2CCNC(=O)C2C)nc(C)n1. The van der Waals surface area contributed by atoms with Gasteiger partial charge in [0.05, 0.1) is 0 Å². The highest BCUT2D eigenvalue weighted by atomic mass is 16.2. The first-order valence-electron chi connectivity index (χ1n) is 6.75.